The van der Waals surface area contributed by atoms with Crippen LogP contribution in [0.4, 0.5) is 4.39 Å². The van der Waals surface area contributed by atoms with Crippen LogP contribution in [0.5, 0.6) is 0 Å². The van der Waals surface area contributed by atoms with Crippen LogP contribution in [-0.4, -0.2) is 6.54 Å². The van der Waals surface area contributed by atoms with Crippen LogP contribution in [0.1, 0.15) is 5.56 Å². The van der Waals surface area contributed by atoms with Crippen molar-refractivity contribution in [2.45, 2.75) is 6.54 Å². The third-order valence-corrected chi connectivity index (χ3v) is 2.17. The Morgan fingerprint density at radius 2 is 2.21 bits per heavy atom. The Hall–Kier alpha value is -0.570. The van der Waals surface area contributed by atoms with E-state index in [-0.39, 0.29) is 5.82 Å². The van der Waals surface area contributed by atoms with Crippen molar-refractivity contribution >= 4 is 23.2 Å². The third-order valence-electron chi connectivity index (χ3n) is 1.68. The van der Waals surface area contributed by atoms with E-state index in [0.717, 1.165) is 0 Å². The van der Waals surface area contributed by atoms with E-state index in [0.29, 0.717) is 28.7 Å². The highest BCUT2D eigenvalue weighted by atomic mass is 35.5. The van der Waals surface area contributed by atoms with Gasteiger partial charge >= 0.3 is 0 Å². The van der Waals surface area contributed by atoms with E-state index in [1.807, 2.05) is 0 Å². The van der Waals surface area contributed by atoms with Gasteiger partial charge in [0, 0.05) is 28.7 Å². The molecule has 0 amide bonds. The lowest BCUT2D eigenvalue weighted by Crippen LogP contribution is -2.15. The van der Waals surface area contributed by atoms with Gasteiger partial charge in [0.05, 0.1) is 0 Å². The van der Waals surface area contributed by atoms with Crippen molar-refractivity contribution in [3.8, 4) is 0 Å². The summed E-state index contributed by atoms with van der Waals surface area (Å²) in [5.41, 5.74) is 0.451. The van der Waals surface area contributed by atoms with E-state index in [9.17, 15) is 4.39 Å². The molecule has 76 valence electrons. The zero-order chi connectivity index (χ0) is 10.6. The maximum atomic E-state index is 13.2. The quantitative estimate of drug-likeness (QED) is 0.842. The average Bonchev–Trinajstić information content (AvgIpc) is 2.09. The topological polar surface area (TPSA) is 12.0 Å². The first kappa shape index (κ1) is 11.5. The molecule has 0 fully saturated rings. The fraction of sp³-hybridized carbons (Fsp3) is 0.200. The second-order valence-corrected chi connectivity index (χ2v) is 3.76. The predicted octanol–water partition coefficient (Wildman–Crippen LogP) is 3.32. The Morgan fingerprint density at radius 3 is 2.79 bits per heavy atom. The molecule has 0 spiro atoms. The van der Waals surface area contributed by atoms with E-state index in [1.54, 1.807) is 12.1 Å². The molecule has 0 aliphatic rings. The van der Waals surface area contributed by atoms with Gasteiger partial charge in [0.15, 0.2) is 0 Å². The second-order valence-electron chi connectivity index (χ2n) is 2.82. The maximum Gasteiger partial charge on any atom is 0.129 e. The smallest absolute Gasteiger partial charge is 0.129 e. The normalized spacial score (nSPS) is 10.2. The molecule has 0 aliphatic carbocycles. The van der Waals surface area contributed by atoms with Crippen molar-refractivity contribution in [2.24, 2.45) is 0 Å². The minimum atomic E-state index is -0.315. The highest BCUT2D eigenvalue weighted by Gasteiger charge is 2.05. The van der Waals surface area contributed by atoms with Crippen LogP contribution in [0, 0.1) is 5.82 Å². The van der Waals surface area contributed by atoms with E-state index < -0.39 is 0 Å². The molecule has 0 saturated carbocycles. The number of benzene rings is 1. The van der Waals surface area contributed by atoms with Gasteiger partial charge in [0.25, 0.3) is 0 Å². The molecule has 1 aromatic carbocycles. The number of hydrogen-bond acceptors (Lipinski definition) is 1. The summed E-state index contributed by atoms with van der Waals surface area (Å²) >= 11 is 11.3. The van der Waals surface area contributed by atoms with Gasteiger partial charge in [-0.15, -0.1) is 0 Å². The minimum Gasteiger partial charge on any atom is -0.308 e. The van der Waals surface area contributed by atoms with Gasteiger partial charge in [-0.2, -0.15) is 0 Å². The van der Waals surface area contributed by atoms with E-state index >= 15 is 0 Å². The summed E-state index contributed by atoms with van der Waals surface area (Å²) in [5.74, 6) is -0.315. The highest BCUT2D eigenvalue weighted by molar-refractivity contribution is 6.31. The molecular weight excluding hydrogens is 224 g/mol. The Kier molecular flexibility index (Phi) is 4.39. The van der Waals surface area contributed by atoms with E-state index in [4.69, 9.17) is 23.2 Å². The Balaban J connectivity index is 2.62. The molecule has 0 atom stereocenters. The fourth-order valence-corrected chi connectivity index (χ4v) is 1.35. The Morgan fingerprint density at radius 1 is 1.50 bits per heavy atom. The monoisotopic (exact) mass is 233 g/mol. The van der Waals surface area contributed by atoms with Gasteiger partial charge in [0.2, 0.25) is 0 Å². The van der Waals surface area contributed by atoms with Gasteiger partial charge in [-0.1, -0.05) is 35.8 Å². The summed E-state index contributed by atoms with van der Waals surface area (Å²) < 4.78 is 13.2. The molecule has 0 radical (unpaired) electrons. The molecule has 1 nitrogen and oxygen atoms in total. The second kappa shape index (κ2) is 5.35. The molecule has 0 saturated heterocycles. The number of hydrogen-bond donors (Lipinski definition) is 1. The molecule has 0 aromatic heterocycles. The molecule has 0 heterocycles. The molecular formula is C10H10Cl2FN. The molecule has 4 heteroatoms. The van der Waals surface area contributed by atoms with Crippen LogP contribution >= 0.6 is 23.2 Å². The van der Waals surface area contributed by atoms with Crippen molar-refractivity contribution in [2.75, 3.05) is 6.54 Å². The van der Waals surface area contributed by atoms with Crippen LogP contribution in [0.25, 0.3) is 0 Å². The molecule has 0 unspecified atom stereocenters. The molecule has 1 aromatic rings. The van der Waals surface area contributed by atoms with E-state index in [2.05, 4.69) is 11.9 Å². The molecule has 14 heavy (non-hydrogen) atoms. The molecule has 0 bridgehead atoms. The first-order valence-electron chi connectivity index (χ1n) is 4.08. The molecule has 1 rings (SSSR count). The summed E-state index contributed by atoms with van der Waals surface area (Å²) in [6, 6.07) is 4.59. The lowest BCUT2D eigenvalue weighted by atomic mass is 10.2. The average molecular weight is 234 g/mol. The SMILES string of the molecule is C=C(Cl)CNCc1c(F)cccc1Cl. The zero-order valence-electron chi connectivity index (χ0n) is 7.49. The van der Waals surface area contributed by atoms with E-state index in [1.165, 1.54) is 6.07 Å². The van der Waals surface area contributed by atoms with Crippen LogP contribution in [-0.2, 0) is 6.54 Å². The number of nitrogens with one attached hydrogen (secondary N) is 1. The largest absolute Gasteiger partial charge is 0.308 e. The van der Waals surface area contributed by atoms with Crippen molar-refractivity contribution in [1.82, 2.24) is 5.32 Å². The highest BCUT2D eigenvalue weighted by Crippen LogP contribution is 2.18. The van der Waals surface area contributed by atoms with Gasteiger partial charge in [-0.25, -0.2) is 4.39 Å². The van der Waals surface area contributed by atoms with Crippen LogP contribution in [0.3, 0.4) is 0 Å². The Labute approximate surface area is 92.5 Å². The van der Waals surface area contributed by atoms with Gasteiger partial charge in [0.1, 0.15) is 5.82 Å². The lowest BCUT2D eigenvalue weighted by molar-refractivity contribution is 0.596. The Bertz CT molecular complexity index is 319. The van der Waals surface area contributed by atoms with Gasteiger partial charge < -0.3 is 5.32 Å². The summed E-state index contributed by atoms with van der Waals surface area (Å²) in [4.78, 5) is 0. The minimum absolute atomic E-state index is 0.315. The predicted molar refractivity (Wildman–Crippen MR) is 58.1 cm³/mol. The van der Waals surface area contributed by atoms with Crippen LogP contribution < -0.4 is 5.32 Å². The molecule has 1 N–H and O–H groups in total. The van der Waals surface area contributed by atoms with Gasteiger partial charge in [-0.05, 0) is 12.1 Å². The summed E-state index contributed by atoms with van der Waals surface area (Å²) in [6.45, 7) is 4.29. The summed E-state index contributed by atoms with van der Waals surface area (Å²) in [6.07, 6.45) is 0. The van der Waals surface area contributed by atoms with Crippen molar-refractivity contribution in [3.63, 3.8) is 0 Å². The van der Waals surface area contributed by atoms with Crippen molar-refractivity contribution < 1.29 is 4.39 Å². The first-order chi connectivity index (χ1) is 6.61. The standard InChI is InChI=1S/C10H10Cl2FN/c1-7(11)5-14-6-8-9(12)3-2-4-10(8)13/h2-4,14H,1,5-6H2. The zero-order valence-corrected chi connectivity index (χ0v) is 9.00. The van der Waals surface area contributed by atoms with Crippen molar-refractivity contribution in [3.05, 3.63) is 46.2 Å². The lowest BCUT2D eigenvalue weighted by Gasteiger charge is -2.06. The fourth-order valence-electron chi connectivity index (χ4n) is 1.02. The van der Waals surface area contributed by atoms with Crippen LogP contribution in [0.15, 0.2) is 29.8 Å². The first-order valence-corrected chi connectivity index (χ1v) is 4.83. The van der Waals surface area contributed by atoms with Gasteiger partial charge in [-0.3, -0.25) is 0 Å². The summed E-state index contributed by atoms with van der Waals surface area (Å²) in [5, 5.41) is 3.83. The third kappa shape index (κ3) is 3.29. The van der Waals surface area contributed by atoms with Crippen LogP contribution in [0.2, 0.25) is 5.02 Å². The summed E-state index contributed by atoms with van der Waals surface area (Å²) in [7, 11) is 0. The maximum absolute atomic E-state index is 13.2. The number of rotatable bonds is 4. The molecule has 0 aliphatic heterocycles. The number of halogens is 3. The van der Waals surface area contributed by atoms with Crippen molar-refractivity contribution in [1.29, 1.82) is 0 Å².